The molecule has 1 aliphatic rings. The quantitative estimate of drug-likeness (QED) is 0.768. The summed E-state index contributed by atoms with van der Waals surface area (Å²) in [4.78, 5) is 0. The van der Waals surface area contributed by atoms with Crippen LogP contribution in [0.1, 0.15) is 30.7 Å². The first-order valence-corrected chi connectivity index (χ1v) is 5.51. The lowest BCUT2D eigenvalue weighted by Crippen LogP contribution is -2.53. The number of aromatic nitrogens is 2. The Bertz CT molecular complexity index is 336. The molecular weight excluding hydrogens is 190 g/mol. The van der Waals surface area contributed by atoms with Crippen LogP contribution in [-0.2, 0) is 13.6 Å². The second kappa shape index (κ2) is 3.94. The molecule has 0 bridgehead atoms. The lowest BCUT2D eigenvalue weighted by Gasteiger charge is -2.41. The molecule has 84 valence electrons. The van der Waals surface area contributed by atoms with Crippen molar-refractivity contribution in [3.05, 3.63) is 17.5 Å². The molecule has 0 unspecified atom stereocenters. The van der Waals surface area contributed by atoms with Gasteiger partial charge in [-0.05, 0) is 32.3 Å². The summed E-state index contributed by atoms with van der Waals surface area (Å²) in [5.74, 6) is 0. The molecule has 0 aliphatic heterocycles. The van der Waals surface area contributed by atoms with Gasteiger partial charge in [-0.1, -0.05) is 0 Å². The maximum absolute atomic E-state index is 9.30. The Labute approximate surface area is 90.3 Å². The molecule has 0 radical (unpaired) electrons. The molecule has 1 aromatic heterocycles. The normalized spacial score (nSPS) is 18.9. The Morgan fingerprint density at radius 3 is 2.73 bits per heavy atom. The lowest BCUT2D eigenvalue weighted by atomic mass is 9.77. The minimum Gasteiger partial charge on any atom is -0.394 e. The molecule has 1 aliphatic carbocycles. The fourth-order valence-corrected chi connectivity index (χ4v) is 2.10. The van der Waals surface area contributed by atoms with E-state index in [9.17, 15) is 5.11 Å². The van der Waals surface area contributed by atoms with Gasteiger partial charge in [0, 0.05) is 19.1 Å². The fraction of sp³-hybridized carbons (Fsp3) is 0.727. The Kier molecular flexibility index (Phi) is 2.80. The van der Waals surface area contributed by atoms with Crippen LogP contribution < -0.4 is 5.32 Å². The molecule has 2 N–H and O–H groups in total. The molecule has 2 rings (SSSR count). The van der Waals surface area contributed by atoms with Gasteiger partial charge in [0.2, 0.25) is 0 Å². The average Bonchev–Trinajstić information content (AvgIpc) is 2.44. The van der Waals surface area contributed by atoms with Crippen LogP contribution in [0.25, 0.3) is 0 Å². The van der Waals surface area contributed by atoms with Crippen LogP contribution in [0.15, 0.2) is 6.07 Å². The number of rotatable bonds is 4. The smallest absolute Gasteiger partial charge is 0.0613 e. The van der Waals surface area contributed by atoms with Crippen molar-refractivity contribution in [2.75, 3.05) is 6.61 Å². The Morgan fingerprint density at radius 2 is 2.33 bits per heavy atom. The van der Waals surface area contributed by atoms with E-state index in [0.29, 0.717) is 0 Å². The Hall–Kier alpha value is -0.870. The van der Waals surface area contributed by atoms with E-state index in [1.54, 1.807) is 0 Å². The van der Waals surface area contributed by atoms with Crippen LogP contribution in [0.3, 0.4) is 0 Å². The molecule has 0 atom stereocenters. The van der Waals surface area contributed by atoms with Gasteiger partial charge in [-0.25, -0.2) is 0 Å². The molecule has 4 nitrogen and oxygen atoms in total. The van der Waals surface area contributed by atoms with Gasteiger partial charge in [0.25, 0.3) is 0 Å². The summed E-state index contributed by atoms with van der Waals surface area (Å²) < 4.78 is 1.89. The summed E-state index contributed by atoms with van der Waals surface area (Å²) in [6.07, 6.45) is 3.39. The fourth-order valence-electron chi connectivity index (χ4n) is 2.10. The van der Waals surface area contributed by atoms with Gasteiger partial charge in [0.05, 0.1) is 18.0 Å². The average molecular weight is 209 g/mol. The highest BCUT2D eigenvalue weighted by Gasteiger charge is 2.35. The largest absolute Gasteiger partial charge is 0.394 e. The minimum absolute atomic E-state index is 0.0157. The third-order valence-corrected chi connectivity index (χ3v) is 3.36. The highest BCUT2D eigenvalue weighted by molar-refractivity contribution is 5.09. The maximum Gasteiger partial charge on any atom is 0.0613 e. The number of aryl methyl sites for hydroxylation is 2. The molecule has 0 aromatic carbocycles. The minimum atomic E-state index is -0.0157. The first-order chi connectivity index (χ1) is 7.15. The summed E-state index contributed by atoms with van der Waals surface area (Å²) >= 11 is 0. The van der Waals surface area contributed by atoms with Crippen molar-refractivity contribution in [2.45, 2.75) is 38.3 Å². The van der Waals surface area contributed by atoms with Gasteiger partial charge in [-0.2, -0.15) is 5.10 Å². The van der Waals surface area contributed by atoms with Gasteiger partial charge in [-0.3, -0.25) is 4.68 Å². The van der Waals surface area contributed by atoms with E-state index in [4.69, 9.17) is 0 Å². The molecule has 0 spiro atoms. The summed E-state index contributed by atoms with van der Waals surface area (Å²) in [5.41, 5.74) is 2.20. The van der Waals surface area contributed by atoms with Crippen molar-refractivity contribution in [2.24, 2.45) is 7.05 Å². The second-order valence-electron chi connectivity index (χ2n) is 4.55. The zero-order valence-electron chi connectivity index (χ0n) is 9.45. The zero-order chi connectivity index (χ0) is 10.9. The number of aliphatic hydroxyl groups is 1. The predicted molar refractivity (Wildman–Crippen MR) is 58.5 cm³/mol. The van der Waals surface area contributed by atoms with Crippen molar-refractivity contribution >= 4 is 0 Å². The van der Waals surface area contributed by atoms with Crippen molar-refractivity contribution < 1.29 is 5.11 Å². The molecule has 0 saturated heterocycles. The van der Waals surface area contributed by atoms with E-state index in [1.165, 1.54) is 12.1 Å². The van der Waals surface area contributed by atoms with E-state index in [0.717, 1.165) is 25.1 Å². The number of hydrogen-bond donors (Lipinski definition) is 2. The van der Waals surface area contributed by atoms with Crippen LogP contribution in [0.2, 0.25) is 0 Å². The van der Waals surface area contributed by atoms with Crippen molar-refractivity contribution in [1.82, 2.24) is 15.1 Å². The predicted octanol–water partition coefficient (Wildman–Crippen LogP) is 0.733. The summed E-state index contributed by atoms with van der Waals surface area (Å²) in [7, 11) is 1.95. The molecular formula is C11H19N3O. The molecule has 1 aromatic rings. The summed E-state index contributed by atoms with van der Waals surface area (Å²) in [5, 5.41) is 17.0. The van der Waals surface area contributed by atoms with Crippen LogP contribution in [0, 0.1) is 6.92 Å². The Morgan fingerprint density at radius 1 is 1.60 bits per heavy atom. The van der Waals surface area contributed by atoms with Crippen molar-refractivity contribution in [1.29, 1.82) is 0 Å². The van der Waals surface area contributed by atoms with E-state index < -0.39 is 0 Å². The van der Waals surface area contributed by atoms with E-state index in [2.05, 4.69) is 16.5 Å². The molecule has 4 heteroatoms. The molecule has 1 saturated carbocycles. The lowest BCUT2D eigenvalue weighted by molar-refractivity contribution is 0.0865. The molecule has 0 amide bonds. The van der Waals surface area contributed by atoms with Gasteiger partial charge in [-0.15, -0.1) is 0 Å². The number of hydrogen-bond acceptors (Lipinski definition) is 3. The SMILES string of the molecule is Cc1cc(CNC2(CO)CCC2)n(C)n1. The molecule has 1 heterocycles. The topological polar surface area (TPSA) is 50.1 Å². The molecule has 15 heavy (non-hydrogen) atoms. The van der Waals surface area contributed by atoms with Crippen LogP contribution in [0.4, 0.5) is 0 Å². The van der Waals surface area contributed by atoms with Gasteiger partial charge in [0.1, 0.15) is 0 Å². The first kappa shape index (κ1) is 10.6. The monoisotopic (exact) mass is 209 g/mol. The van der Waals surface area contributed by atoms with E-state index in [1.807, 2.05) is 18.7 Å². The third-order valence-electron chi connectivity index (χ3n) is 3.36. The maximum atomic E-state index is 9.30. The Balaban J connectivity index is 1.95. The highest BCUT2D eigenvalue weighted by Crippen LogP contribution is 2.31. The van der Waals surface area contributed by atoms with Gasteiger partial charge < -0.3 is 10.4 Å². The second-order valence-corrected chi connectivity index (χ2v) is 4.55. The van der Waals surface area contributed by atoms with E-state index in [-0.39, 0.29) is 12.1 Å². The number of nitrogens with one attached hydrogen (secondary N) is 1. The van der Waals surface area contributed by atoms with Crippen LogP contribution in [0.5, 0.6) is 0 Å². The van der Waals surface area contributed by atoms with Gasteiger partial charge >= 0.3 is 0 Å². The summed E-state index contributed by atoms with van der Waals surface area (Å²) in [6.45, 7) is 3.02. The number of nitrogens with zero attached hydrogens (tertiary/aromatic N) is 2. The number of aliphatic hydroxyl groups excluding tert-OH is 1. The van der Waals surface area contributed by atoms with E-state index >= 15 is 0 Å². The zero-order valence-corrected chi connectivity index (χ0v) is 9.45. The van der Waals surface area contributed by atoms with Crippen LogP contribution in [-0.4, -0.2) is 27.0 Å². The summed E-state index contributed by atoms with van der Waals surface area (Å²) in [6, 6.07) is 2.08. The van der Waals surface area contributed by atoms with Gasteiger partial charge in [0.15, 0.2) is 0 Å². The van der Waals surface area contributed by atoms with Crippen molar-refractivity contribution in [3.63, 3.8) is 0 Å². The standard InChI is InChI=1S/C11H19N3O/c1-9-6-10(14(2)13-9)7-12-11(8-15)4-3-5-11/h6,12,15H,3-5,7-8H2,1-2H3. The van der Waals surface area contributed by atoms with Crippen molar-refractivity contribution in [3.8, 4) is 0 Å². The van der Waals surface area contributed by atoms with Crippen LogP contribution >= 0.6 is 0 Å². The first-order valence-electron chi connectivity index (χ1n) is 5.51. The highest BCUT2D eigenvalue weighted by atomic mass is 16.3. The third kappa shape index (κ3) is 2.06. The molecule has 1 fully saturated rings.